The summed E-state index contributed by atoms with van der Waals surface area (Å²) in [5.41, 5.74) is 0. The highest BCUT2D eigenvalue weighted by atomic mass is 32.2. The molecule has 0 bridgehead atoms. The third kappa shape index (κ3) is 4.17. The number of thioether (sulfide) groups is 1. The monoisotopic (exact) mass is 205 g/mol. The summed E-state index contributed by atoms with van der Waals surface area (Å²) in [7, 11) is 1.54. The van der Waals surface area contributed by atoms with Gasteiger partial charge in [-0.3, -0.25) is 9.59 Å². The summed E-state index contributed by atoms with van der Waals surface area (Å²) < 4.78 is 0. The van der Waals surface area contributed by atoms with E-state index < -0.39 is 11.2 Å². The summed E-state index contributed by atoms with van der Waals surface area (Å²) in [5, 5.41) is 10.4. The molecule has 76 valence electrons. The van der Waals surface area contributed by atoms with Gasteiger partial charge in [0, 0.05) is 7.05 Å². The molecular formula is C8H15NO3S. The van der Waals surface area contributed by atoms with Gasteiger partial charge in [-0.25, -0.2) is 0 Å². The minimum absolute atomic E-state index is 0.135. The van der Waals surface area contributed by atoms with E-state index in [0.717, 1.165) is 0 Å². The summed E-state index contributed by atoms with van der Waals surface area (Å²) in [6.45, 7) is 3.50. The zero-order chi connectivity index (χ0) is 10.4. The molecule has 0 aromatic heterocycles. The van der Waals surface area contributed by atoms with Crippen molar-refractivity contribution in [3.63, 3.8) is 0 Å². The highest BCUT2D eigenvalue weighted by Gasteiger charge is 2.22. The Morgan fingerprint density at radius 2 is 2.08 bits per heavy atom. The lowest BCUT2D eigenvalue weighted by atomic mass is 10.3. The Morgan fingerprint density at radius 1 is 1.54 bits per heavy atom. The number of carbonyl (C=O) groups excluding carboxylic acids is 1. The molecule has 0 aromatic rings. The van der Waals surface area contributed by atoms with Crippen molar-refractivity contribution in [2.75, 3.05) is 7.05 Å². The van der Waals surface area contributed by atoms with Crippen LogP contribution in [-0.4, -0.2) is 34.5 Å². The third-order valence-electron chi connectivity index (χ3n) is 1.63. The quantitative estimate of drug-likeness (QED) is 0.694. The van der Waals surface area contributed by atoms with E-state index in [1.54, 1.807) is 20.9 Å². The highest BCUT2D eigenvalue weighted by molar-refractivity contribution is 8.01. The maximum atomic E-state index is 11.1. The number of rotatable bonds is 5. The predicted molar refractivity (Wildman–Crippen MR) is 52.8 cm³/mol. The fourth-order valence-corrected chi connectivity index (χ4v) is 1.88. The van der Waals surface area contributed by atoms with Crippen molar-refractivity contribution < 1.29 is 14.7 Å². The molecule has 0 aliphatic rings. The lowest BCUT2D eigenvalue weighted by Crippen LogP contribution is -2.30. The summed E-state index contributed by atoms with van der Waals surface area (Å²) in [5.74, 6) is -0.993. The molecule has 0 spiro atoms. The molecule has 0 saturated carbocycles. The van der Waals surface area contributed by atoms with Gasteiger partial charge < -0.3 is 10.4 Å². The lowest BCUT2D eigenvalue weighted by Gasteiger charge is -2.14. The van der Waals surface area contributed by atoms with Crippen molar-refractivity contribution in [2.24, 2.45) is 0 Å². The van der Waals surface area contributed by atoms with Crippen LogP contribution in [0.25, 0.3) is 0 Å². The summed E-state index contributed by atoms with van der Waals surface area (Å²) in [6, 6.07) is 0. The van der Waals surface area contributed by atoms with Crippen LogP contribution in [0.1, 0.15) is 20.3 Å². The molecule has 2 atom stereocenters. The van der Waals surface area contributed by atoms with E-state index >= 15 is 0 Å². The molecule has 0 fully saturated rings. The number of amides is 1. The van der Waals surface area contributed by atoms with Crippen molar-refractivity contribution >= 4 is 23.6 Å². The first-order valence-corrected chi connectivity index (χ1v) is 5.07. The fourth-order valence-electron chi connectivity index (χ4n) is 0.841. The largest absolute Gasteiger partial charge is 0.480 e. The topological polar surface area (TPSA) is 66.4 Å². The number of carbonyl (C=O) groups is 2. The minimum Gasteiger partial charge on any atom is -0.480 e. The van der Waals surface area contributed by atoms with Crippen molar-refractivity contribution in [1.29, 1.82) is 0 Å². The number of carboxylic acid groups (broad SMARTS) is 1. The molecule has 2 N–H and O–H groups in total. The SMILES string of the molecule is CCC(SC(C)C(=O)NC)C(=O)O. The van der Waals surface area contributed by atoms with E-state index in [0.29, 0.717) is 6.42 Å². The summed E-state index contributed by atoms with van der Waals surface area (Å²) >= 11 is 1.17. The summed E-state index contributed by atoms with van der Waals surface area (Å²) in [6.07, 6.45) is 0.529. The van der Waals surface area contributed by atoms with E-state index in [4.69, 9.17) is 5.11 Å². The molecule has 5 heteroatoms. The average Bonchev–Trinajstić information content (AvgIpc) is 2.11. The maximum absolute atomic E-state index is 11.1. The van der Waals surface area contributed by atoms with Crippen LogP contribution < -0.4 is 5.32 Å². The van der Waals surface area contributed by atoms with Gasteiger partial charge in [-0.15, -0.1) is 11.8 Å². The molecule has 0 aliphatic carbocycles. The standard InChI is InChI=1S/C8H15NO3S/c1-4-6(8(11)12)13-5(2)7(10)9-3/h5-6H,4H2,1-3H3,(H,9,10)(H,11,12). The molecule has 0 aliphatic heterocycles. The molecule has 4 nitrogen and oxygen atoms in total. The second-order valence-electron chi connectivity index (χ2n) is 2.63. The van der Waals surface area contributed by atoms with Crippen LogP contribution in [-0.2, 0) is 9.59 Å². The van der Waals surface area contributed by atoms with Gasteiger partial charge in [-0.2, -0.15) is 0 Å². The second-order valence-corrected chi connectivity index (χ2v) is 4.18. The Bertz CT molecular complexity index is 196. The molecule has 2 unspecified atom stereocenters. The van der Waals surface area contributed by atoms with E-state index in [2.05, 4.69) is 5.32 Å². The minimum atomic E-state index is -0.858. The van der Waals surface area contributed by atoms with Gasteiger partial charge in [0.15, 0.2) is 0 Å². The molecule has 0 radical (unpaired) electrons. The zero-order valence-corrected chi connectivity index (χ0v) is 8.85. The van der Waals surface area contributed by atoms with Crippen molar-refractivity contribution in [2.45, 2.75) is 30.8 Å². The summed E-state index contributed by atoms with van der Waals surface area (Å²) in [4.78, 5) is 21.7. The van der Waals surface area contributed by atoms with E-state index in [1.807, 2.05) is 0 Å². The highest BCUT2D eigenvalue weighted by Crippen LogP contribution is 2.20. The van der Waals surface area contributed by atoms with E-state index in [-0.39, 0.29) is 11.2 Å². The Morgan fingerprint density at radius 3 is 2.38 bits per heavy atom. The molecule has 0 aromatic carbocycles. The van der Waals surface area contributed by atoms with Gasteiger partial charge in [0.25, 0.3) is 0 Å². The normalized spacial score (nSPS) is 14.7. The lowest BCUT2D eigenvalue weighted by molar-refractivity contribution is -0.136. The molecule has 0 rings (SSSR count). The van der Waals surface area contributed by atoms with Gasteiger partial charge in [0.2, 0.25) is 5.91 Å². The van der Waals surface area contributed by atoms with Crippen LogP contribution in [0.2, 0.25) is 0 Å². The number of carboxylic acids is 1. The van der Waals surface area contributed by atoms with Crippen LogP contribution in [0, 0.1) is 0 Å². The predicted octanol–water partition coefficient (Wildman–Crippen LogP) is 0.717. The Kier molecular flexibility index (Phi) is 5.53. The number of hydrogen-bond donors (Lipinski definition) is 2. The average molecular weight is 205 g/mol. The van der Waals surface area contributed by atoms with E-state index in [9.17, 15) is 9.59 Å². The Hall–Kier alpha value is -0.710. The third-order valence-corrected chi connectivity index (χ3v) is 3.12. The van der Waals surface area contributed by atoms with Crippen molar-refractivity contribution in [1.82, 2.24) is 5.32 Å². The van der Waals surface area contributed by atoms with Gasteiger partial charge in [0.05, 0.1) is 5.25 Å². The number of hydrogen-bond acceptors (Lipinski definition) is 3. The Labute approximate surface area is 82.1 Å². The molecule has 0 saturated heterocycles. The fraction of sp³-hybridized carbons (Fsp3) is 0.750. The van der Waals surface area contributed by atoms with Crippen LogP contribution in [0.5, 0.6) is 0 Å². The molecule has 13 heavy (non-hydrogen) atoms. The first kappa shape index (κ1) is 12.3. The van der Waals surface area contributed by atoms with Crippen molar-refractivity contribution in [3.05, 3.63) is 0 Å². The van der Waals surface area contributed by atoms with Gasteiger partial charge in [-0.05, 0) is 13.3 Å². The van der Waals surface area contributed by atoms with Gasteiger partial charge >= 0.3 is 5.97 Å². The molecule has 0 heterocycles. The smallest absolute Gasteiger partial charge is 0.316 e. The van der Waals surface area contributed by atoms with Crippen LogP contribution in [0.3, 0.4) is 0 Å². The van der Waals surface area contributed by atoms with Crippen LogP contribution in [0.15, 0.2) is 0 Å². The molecule has 1 amide bonds. The van der Waals surface area contributed by atoms with Gasteiger partial charge in [-0.1, -0.05) is 6.92 Å². The van der Waals surface area contributed by atoms with Crippen LogP contribution in [0.4, 0.5) is 0 Å². The maximum Gasteiger partial charge on any atom is 0.316 e. The number of nitrogens with one attached hydrogen (secondary N) is 1. The number of aliphatic carboxylic acids is 1. The first-order chi connectivity index (χ1) is 6.02. The van der Waals surface area contributed by atoms with Crippen LogP contribution >= 0.6 is 11.8 Å². The van der Waals surface area contributed by atoms with Gasteiger partial charge in [0.1, 0.15) is 5.25 Å². The first-order valence-electron chi connectivity index (χ1n) is 4.12. The zero-order valence-electron chi connectivity index (χ0n) is 8.03. The van der Waals surface area contributed by atoms with E-state index in [1.165, 1.54) is 11.8 Å². The Balaban J connectivity index is 4.08. The van der Waals surface area contributed by atoms with Crippen molar-refractivity contribution in [3.8, 4) is 0 Å². The second kappa shape index (κ2) is 5.85. The molecular weight excluding hydrogens is 190 g/mol.